The number of nitrogens with zero attached hydrogens (tertiary/aromatic N) is 3. The summed E-state index contributed by atoms with van der Waals surface area (Å²) in [4.78, 5) is 30.0. The molecule has 2 heterocycles. The Hall–Kier alpha value is -2.09. The van der Waals surface area contributed by atoms with Crippen LogP contribution in [0.5, 0.6) is 0 Å². The first-order chi connectivity index (χ1) is 14.0. The number of piperidine rings is 1. The molecule has 2 aliphatic heterocycles. The summed E-state index contributed by atoms with van der Waals surface area (Å²) in [7, 11) is 0. The Bertz CT molecular complexity index is 795. The summed E-state index contributed by atoms with van der Waals surface area (Å²) < 4.78 is 32.1. The van der Waals surface area contributed by atoms with Crippen molar-refractivity contribution in [2.24, 2.45) is 0 Å². The van der Waals surface area contributed by atoms with Crippen LogP contribution in [-0.4, -0.2) is 72.6 Å². The van der Waals surface area contributed by atoms with Gasteiger partial charge in [0.15, 0.2) is 0 Å². The highest BCUT2D eigenvalue weighted by Crippen LogP contribution is 2.31. The smallest absolute Gasteiger partial charge is 0.410 e. The first kappa shape index (κ1) is 22.6. The van der Waals surface area contributed by atoms with Crippen LogP contribution in [-0.2, 0) is 4.74 Å². The quantitative estimate of drug-likeness (QED) is 0.685. The maximum atomic E-state index is 13.3. The Morgan fingerprint density at radius 2 is 1.60 bits per heavy atom. The number of amides is 2. The van der Waals surface area contributed by atoms with Crippen molar-refractivity contribution in [3.8, 4) is 0 Å². The van der Waals surface area contributed by atoms with Crippen molar-refractivity contribution in [2.45, 2.75) is 45.1 Å². The molecule has 1 aromatic rings. The summed E-state index contributed by atoms with van der Waals surface area (Å²) in [6, 6.07) is 5.04. The lowest BCUT2D eigenvalue weighted by Crippen LogP contribution is -2.50. The van der Waals surface area contributed by atoms with E-state index in [0.717, 1.165) is 5.69 Å². The van der Waals surface area contributed by atoms with Crippen LogP contribution in [0.2, 0.25) is 5.02 Å². The second-order valence-corrected chi connectivity index (χ2v) is 9.18. The number of likely N-dealkylation sites (tertiary alicyclic amines) is 1. The van der Waals surface area contributed by atoms with Gasteiger partial charge in [0, 0.05) is 57.7 Å². The molecule has 0 unspecified atom stereocenters. The summed E-state index contributed by atoms with van der Waals surface area (Å²) in [5.74, 6) is -2.98. The minimum Gasteiger partial charge on any atom is -0.444 e. The molecule has 0 aromatic heterocycles. The zero-order valence-electron chi connectivity index (χ0n) is 17.6. The highest BCUT2D eigenvalue weighted by molar-refractivity contribution is 6.33. The fourth-order valence-electron chi connectivity index (χ4n) is 3.57. The Morgan fingerprint density at radius 3 is 2.13 bits per heavy atom. The molecule has 2 amide bonds. The number of piperazine rings is 1. The zero-order valence-corrected chi connectivity index (χ0v) is 18.3. The lowest BCUT2D eigenvalue weighted by Gasteiger charge is -2.37. The number of hydrogen-bond acceptors (Lipinski definition) is 4. The van der Waals surface area contributed by atoms with Crippen molar-refractivity contribution in [3.63, 3.8) is 0 Å². The molecule has 2 fully saturated rings. The minimum absolute atomic E-state index is 0.0395. The second-order valence-electron chi connectivity index (χ2n) is 8.77. The van der Waals surface area contributed by atoms with Gasteiger partial charge in [-0.25, -0.2) is 13.6 Å². The van der Waals surface area contributed by atoms with Gasteiger partial charge < -0.3 is 19.4 Å². The van der Waals surface area contributed by atoms with Gasteiger partial charge in [0.05, 0.1) is 10.7 Å². The number of hydrogen-bond donors (Lipinski definition) is 0. The van der Waals surface area contributed by atoms with Gasteiger partial charge in [0.1, 0.15) is 5.60 Å². The molecule has 0 bridgehead atoms. The van der Waals surface area contributed by atoms with Crippen LogP contribution in [0.4, 0.5) is 19.3 Å². The Labute approximate surface area is 180 Å². The molecule has 166 valence electrons. The molecular formula is C21H28ClF2N3O3. The summed E-state index contributed by atoms with van der Waals surface area (Å²) in [5, 5.41) is 0.425. The molecule has 2 aliphatic rings. The van der Waals surface area contributed by atoms with Gasteiger partial charge in [0.25, 0.3) is 11.8 Å². The molecule has 0 spiro atoms. The Kier molecular flexibility index (Phi) is 6.45. The first-order valence-electron chi connectivity index (χ1n) is 10.1. The monoisotopic (exact) mass is 443 g/mol. The largest absolute Gasteiger partial charge is 0.444 e. The van der Waals surface area contributed by atoms with Crippen LogP contribution in [0.25, 0.3) is 0 Å². The molecule has 3 rings (SSSR count). The van der Waals surface area contributed by atoms with Gasteiger partial charge in [-0.15, -0.1) is 0 Å². The van der Waals surface area contributed by atoms with Crippen LogP contribution < -0.4 is 4.90 Å². The van der Waals surface area contributed by atoms with Crippen molar-refractivity contribution >= 4 is 29.3 Å². The molecule has 0 N–H and O–H groups in total. The third-order valence-corrected chi connectivity index (χ3v) is 5.55. The van der Waals surface area contributed by atoms with E-state index in [-0.39, 0.29) is 37.9 Å². The number of ether oxygens (including phenoxy) is 1. The van der Waals surface area contributed by atoms with E-state index in [1.807, 2.05) is 20.8 Å². The minimum atomic E-state index is -2.69. The molecule has 0 atom stereocenters. The van der Waals surface area contributed by atoms with Gasteiger partial charge in [-0.05, 0) is 39.0 Å². The van der Waals surface area contributed by atoms with E-state index in [9.17, 15) is 18.4 Å². The molecule has 0 saturated carbocycles. The Morgan fingerprint density at radius 1 is 1.00 bits per heavy atom. The molecular weight excluding hydrogens is 416 g/mol. The SMILES string of the molecule is CC(C)(C)OC(=O)N1CCN(c2ccc(C(=O)N3CCC(F)(F)CC3)cc2Cl)CC1. The third kappa shape index (κ3) is 5.53. The lowest BCUT2D eigenvalue weighted by atomic mass is 10.1. The number of carbonyl (C=O) groups excluding carboxylic acids is 2. The van der Waals surface area contributed by atoms with Crippen molar-refractivity contribution in [2.75, 3.05) is 44.2 Å². The summed E-state index contributed by atoms with van der Waals surface area (Å²) in [6.07, 6.45) is -0.958. The second kappa shape index (κ2) is 8.57. The average Bonchev–Trinajstić information content (AvgIpc) is 2.66. The summed E-state index contributed by atoms with van der Waals surface area (Å²) in [5.41, 5.74) is 0.632. The third-order valence-electron chi connectivity index (χ3n) is 5.25. The van der Waals surface area contributed by atoms with Gasteiger partial charge >= 0.3 is 6.09 Å². The summed E-state index contributed by atoms with van der Waals surface area (Å²) >= 11 is 6.44. The van der Waals surface area contributed by atoms with Crippen molar-refractivity contribution in [1.29, 1.82) is 0 Å². The van der Waals surface area contributed by atoms with E-state index in [0.29, 0.717) is 36.8 Å². The first-order valence-corrected chi connectivity index (χ1v) is 10.5. The Balaban J connectivity index is 1.60. The van der Waals surface area contributed by atoms with Crippen molar-refractivity contribution < 1.29 is 23.1 Å². The van der Waals surface area contributed by atoms with Crippen molar-refractivity contribution in [3.05, 3.63) is 28.8 Å². The van der Waals surface area contributed by atoms with Gasteiger partial charge in [-0.3, -0.25) is 4.79 Å². The van der Waals surface area contributed by atoms with E-state index in [4.69, 9.17) is 16.3 Å². The fraction of sp³-hybridized carbons (Fsp3) is 0.619. The zero-order chi connectivity index (χ0) is 22.1. The van der Waals surface area contributed by atoms with Gasteiger partial charge in [0.2, 0.25) is 0 Å². The number of anilines is 1. The number of carbonyl (C=O) groups is 2. The molecule has 0 aliphatic carbocycles. The molecule has 0 radical (unpaired) electrons. The number of alkyl halides is 2. The maximum Gasteiger partial charge on any atom is 0.410 e. The van der Waals surface area contributed by atoms with Crippen LogP contribution in [0.3, 0.4) is 0 Å². The molecule has 2 saturated heterocycles. The van der Waals surface area contributed by atoms with E-state index < -0.39 is 11.5 Å². The lowest BCUT2D eigenvalue weighted by molar-refractivity contribution is -0.0494. The number of benzene rings is 1. The fourth-order valence-corrected chi connectivity index (χ4v) is 3.87. The predicted octanol–water partition coefficient (Wildman–Crippen LogP) is 4.27. The van der Waals surface area contributed by atoms with Crippen LogP contribution >= 0.6 is 11.6 Å². The van der Waals surface area contributed by atoms with Gasteiger partial charge in [-0.2, -0.15) is 0 Å². The average molecular weight is 444 g/mol. The highest BCUT2D eigenvalue weighted by Gasteiger charge is 2.36. The normalized spacial score (nSPS) is 19.6. The topological polar surface area (TPSA) is 53.1 Å². The molecule has 9 heteroatoms. The van der Waals surface area contributed by atoms with Gasteiger partial charge in [-0.1, -0.05) is 11.6 Å². The van der Waals surface area contributed by atoms with E-state index in [1.54, 1.807) is 23.1 Å². The number of halogens is 3. The summed E-state index contributed by atoms with van der Waals surface area (Å²) in [6.45, 7) is 7.77. The van der Waals surface area contributed by atoms with E-state index >= 15 is 0 Å². The molecule has 6 nitrogen and oxygen atoms in total. The predicted molar refractivity (Wildman–Crippen MR) is 112 cm³/mol. The van der Waals surface area contributed by atoms with Crippen LogP contribution in [0, 0.1) is 0 Å². The maximum absolute atomic E-state index is 13.3. The van der Waals surface area contributed by atoms with E-state index in [1.165, 1.54) is 4.90 Å². The molecule has 30 heavy (non-hydrogen) atoms. The molecule has 1 aromatic carbocycles. The van der Waals surface area contributed by atoms with Crippen molar-refractivity contribution in [1.82, 2.24) is 9.80 Å². The standard InChI is InChI=1S/C21H28ClF2N3O3/c1-20(2,3)30-19(29)27-12-10-25(11-13-27)17-5-4-15(14-16(17)22)18(28)26-8-6-21(23,24)7-9-26/h4-5,14H,6-13H2,1-3H3. The van der Waals surface area contributed by atoms with Crippen LogP contribution in [0.15, 0.2) is 18.2 Å². The highest BCUT2D eigenvalue weighted by atomic mass is 35.5. The van der Waals surface area contributed by atoms with E-state index in [2.05, 4.69) is 4.90 Å². The number of rotatable bonds is 2. The van der Waals surface area contributed by atoms with Crippen LogP contribution in [0.1, 0.15) is 44.0 Å².